The van der Waals surface area contributed by atoms with Crippen molar-refractivity contribution in [1.29, 1.82) is 0 Å². The number of aliphatic imine (C=N–C) groups is 1. The number of benzene rings is 1. The van der Waals surface area contributed by atoms with Gasteiger partial charge in [0.25, 0.3) is 5.92 Å². The number of thiazole rings is 1. The number of hydrogen-bond donors (Lipinski definition) is 2. The third kappa shape index (κ3) is 6.22. The zero-order valence-corrected chi connectivity index (χ0v) is 21.2. The quantitative estimate of drug-likeness (QED) is 0.503. The number of methoxy groups -OCH3 is 1. The maximum absolute atomic E-state index is 14.4. The normalized spacial score (nSPS) is 21.7. The molecule has 1 saturated heterocycles. The van der Waals surface area contributed by atoms with Crippen LogP contribution in [0.15, 0.2) is 40.0 Å². The molecule has 1 fully saturated rings. The summed E-state index contributed by atoms with van der Waals surface area (Å²) in [4.78, 5) is 34.0. The topological polar surface area (TPSA) is 113 Å². The Morgan fingerprint density at radius 3 is 2.76 bits per heavy atom. The Hall–Kier alpha value is -3.16. The minimum atomic E-state index is -3.25. The fraction of sp³-hybridized carbons (Fsp3) is 0.391. The summed E-state index contributed by atoms with van der Waals surface area (Å²) in [6.07, 6.45) is -1.89. The number of nitrogens with one attached hydrogen (secondary N) is 1. The molecule has 0 spiro atoms. The number of carbonyl (C=O) groups excluding carboxylic acids is 1. The van der Waals surface area contributed by atoms with Crippen molar-refractivity contribution in [1.82, 2.24) is 15.2 Å². The third-order valence-corrected chi connectivity index (χ3v) is 7.02. The highest BCUT2D eigenvalue weighted by atomic mass is 35.5. The Kier molecular flexibility index (Phi) is 7.76. The molecule has 0 bridgehead atoms. The molecule has 0 unspecified atom stereocenters. The molecule has 2 N–H and O–H groups in total. The smallest absolute Gasteiger partial charge is 0.481 e. The predicted molar refractivity (Wildman–Crippen MR) is 128 cm³/mol. The van der Waals surface area contributed by atoms with Crippen molar-refractivity contribution in [2.45, 2.75) is 25.3 Å². The number of ether oxygens (including phenoxy) is 2. The Morgan fingerprint density at radius 1 is 1.38 bits per heavy atom. The van der Waals surface area contributed by atoms with Crippen molar-refractivity contribution in [2.75, 3.05) is 26.7 Å². The van der Waals surface area contributed by atoms with Crippen LogP contribution in [0, 0.1) is 18.7 Å². The summed E-state index contributed by atoms with van der Waals surface area (Å²) in [5.41, 5.74) is 1.14. The summed E-state index contributed by atoms with van der Waals surface area (Å²) in [6.45, 7) is 0.664. The summed E-state index contributed by atoms with van der Waals surface area (Å²) in [5.74, 6) is -6.35. The second-order valence-corrected chi connectivity index (χ2v) is 9.89. The third-order valence-electron chi connectivity index (χ3n) is 5.72. The number of aryl methyl sites for hydroxylation is 1. The zero-order chi connectivity index (χ0) is 26.9. The average Bonchev–Trinajstić information content (AvgIpc) is 3.25. The van der Waals surface area contributed by atoms with Gasteiger partial charge in [-0.3, -0.25) is 9.69 Å². The van der Waals surface area contributed by atoms with Crippen LogP contribution in [-0.2, 0) is 14.3 Å². The molecule has 9 nitrogen and oxygen atoms in total. The standard InChI is InChI=1S/C23H22ClF3N4O5S/c1-11-9-37-20(28-11)19-29-16(8-31-7-12(21(32)33)6-23(26,27)10-31)18(36-22(34)35-2)17(30-19)14-4-3-13(25)5-15(14)24/h3-5,9,12,17H,6-8,10H2,1-2H3,(H,29,30)(H,32,33)/t12-,17-/m1/s1. The van der Waals surface area contributed by atoms with Gasteiger partial charge in [0.05, 0.1) is 25.3 Å². The Bertz CT molecular complexity index is 1280. The van der Waals surface area contributed by atoms with Crippen LogP contribution in [0.1, 0.15) is 28.7 Å². The number of amidine groups is 1. The van der Waals surface area contributed by atoms with E-state index in [1.807, 2.05) is 0 Å². The van der Waals surface area contributed by atoms with Gasteiger partial charge in [-0.05, 0) is 19.1 Å². The van der Waals surface area contributed by atoms with Crippen LogP contribution in [0.2, 0.25) is 5.02 Å². The molecule has 0 amide bonds. The summed E-state index contributed by atoms with van der Waals surface area (Å²) >= 11 is 7.58. The van der Waals surface area contributed by atoms with Gasteiger partial charge in [-0.2, -0.15) is 0 Å². The summed E-state index contributed by atoms with van der Waals surface area (Å²) in [6, 6.07) is 2.50. The Labute approximate surface area is 218 Å². The molecule has 2 atom stereocenters. The highest BCUT2D eigenvalue weighted by Crippen LogP contribution is 2.38. The number of halogens is 4. The van der Waals surface area contributed by atoms with Crippen LogP contribution < -0.4 is 5.32 Å². The number of carbonyl (C=O) groups is 2. The molecule has 0 radical (unpaired) electrons. The first-order valence-corrected chi connectivity index (χ1v) is 12.3. The molecular formula is C23H22ClF3N4O5S. The lowest BCUT2D eigenvalue weighted by Crippen LogP contribution is -2.51. The second-order valence-electron chi connectivity index (χ2n) is 8.63. The molecule has 2 aliphatic heterocycles. The van der Waals surface area contributed by atoms with Crippen molar-refractivity contribution in [3.05, 3.63) is 62.1 Å². The van der Waals surface area contributed by atoms with Crippen LogP contribution in [-0.4, -0.2) is 65.6 Å². The van der Waals surface area contributed by atoms with Gasteiger partial charge in [-0.25, -0.2) is 27.9 Å². The molecular weight excluding hydrogens is 537 g/mol. The minimum Gasteiger partial charge on any atom is -0.481 e. The van der Waals surface area contributed by atoms with Gasteiger partial charge in [0.15, 0.2) is 16.6 Å². The number of hydrogen-bond acceptors (Lipinski definition) is 9. The number of aromatic nitrogens is 1. The first-order valence-electron chi connectivity index (χ1n) is 11.0. The van der Waals surface area contributed by atoms with Crippen molar-refractivity contribution >= 4 is 40.9 Å². The predicted octanol–water partition coefficient (Wildman–Crippen LogP) is 4.37. The molecule has 1 aromatic carbocycles. The molecule has 4 rings (SSSR count). The number of nitrogens with zero attached hydrogens (tertiary/aromatic N) is 3. The first kappa shape index (κ1) is 26.9. The van der Waals surface area contributed by atoms with E-state index in [1.165, 1.54) is 22.3 Å². The van der Waals surface area contributed by atoms with Crippen molar-refractivity contribution in [3.63, 3.8) is 0 Å². The van der Waals surface area contributed by atoms with Gasteiger partial charge in [0.1, 0.15) is 11.9 Å². The number of piperidine rings is 1. The molecule has 3 heterocycles. The lowest BCUT2D eigenvalue weighted by molar-refractivity contribution is -0.152. The molecule has 2 aliphatic rings. The van der Waals surface area contributed by atoms with Crippen LogP contribution in [0.4, 0.5) is 18.0 Å². The minimum absolute atomic E-state index is 0.00826. The number of likely N-dealkylation sites (tertiary alicyclic amines) is 1. The molecule has 0 aliphatic carbocycles. The van der Waals surface area contributed by atoms with Gasteiger partial charge >= 0.3 is 12.1 Å². The van der Waals surface area contributed by atoms with E-state index in [2.05, 4.69) is 20.0 Å². The van der Waals surface area contributed by atoms with E-state index in [-0.39, 0.29) is 41.0 Å². The van der Waals surface area contributed by atoms with E-state index < -0.39 is 48.8 Å². The number of rotatable bonds is 6. The Balaban J connectivity index is 1.81. The van der Waals surface area contributed by atoms with E-state index >= 15 is 0 Å². The number of aliphatic carboxylic acids is 1. The molecule has 37 heavy (non-hydrogen) atoms. The van der Waals surface area contributed by atoms with Crippen molar-refractivity contribution in [2.24, 2.45) is 10.9 Å². The zero-order valence-electron chi connectivity index (χ0n) is 19.6. The van der Waals surface area contributed by atoms with E-state index in [4.69, 9.17) is 16.3 Å². The van der Waals surface area contributed by atoms with E-state index in [0.29, 0.717) is 10.7 Å². The second kappa shape index (κ2) is 10.7. The van der Waals surface area contributed by atoms with Crippen LogP contribution in [0.25, 0.3) is 0 Å². The maximum atomic E-state index is 14.4. The van der Waals surface area contributed by atoms with Gasteiger partial charge in [-0.1, -0.05) is 17.7 Å². The maximum Gasteiger partial charge on any atom is 0.513 e. The highest BCUT2D eigenvalue weighted by Gasteiger charge is 2.44. The summed E-state index contributed by atoms with van der Waals surface area (Å²) in [7, 11) is 1.09. The van der Waals surface area contributed by atoms with Gasteiger partial charge in [-0.15, -0.1) is 11.3 Å². The summed E-state index contributed by atoms with van der Waals surface area (Å²) in [5, 5.41) is 14.6. The average molecular weight is 559 g/mol. The highest BCUT2D eigenvalue weighted by molar-refractivity contribution is 7.11. The van der Waals surface area contributed by atoms with E-state index in [0.717, 1.165) is 19.2 Å². The lowest BCUT2D eigenvalue weighted by atomic mass is 9.94. The van der Waals surface area contributed by atoms with Gasteiger partial charge in [0, 0.05) is 41.2 Å². The molecule has 198 valence electrons. The van der Waals surface area contributed by atoms with E-state index in [1.54, 1.807) is 12.3 Å². The first-order chi connectivity index (χ1) is 17.5. The molecule has 0 saturated carbocycles. The summed E-state index contributed by atoms with van der Waals surface area (Å²) < 4.78 is 52.7. The Morgan fingerprint density at radius 2 is 2.14 bits per heavy atom. The lowest BCUT2D eigenvalue weighted by Gasteiger charge is -2.37. The number of carboxylic acids is 1. The van der Waals surface area contributed by atoms with Gasteiger partial charge < -0.3 is 19.9 Å². The largest absolute Gasteiger partial charge is 0.513 e. The molecule has 1 aromatic heterocycles. The molecule has 2 aromatic rings. The van der Waals surface area contributed by atoms with Gasteiger partial charge in [0.2, 0.25) is 0 Å². The number of carboxylic acid groups (broad SMARTS) is 1. The molecule has 14 heteroatoms. The van der Waals surface area contributed by atoms with E-state index in [9.17, 15) is 27.9 Å². The van der Waals surface area contributed by atoms with Crippen molar-refractivity contribution in [3.8, 4) is 0 Å². The van der Waals surface area contributed by atoms with Crippen LogP contribution >= 0.6 is 22.9 Å². The SMILES string of the molecule is COC(=O)OC1=C(CN2C[C@H](C(=O)O)CC(F)(F)C2)NC(c2nc(C)cs2)=N[C@@H]1c1ccc(F)cc1Cl. The fourth-order valence-electron chi connectivity index (χ4n) is 4.16. The number of alkyl halides is 2. The monoisotopic (exact) mass is 558 g/mol. The fourth-order valence-corrected chi connectivity index (χ4v) is 5.18. The van der Waals surface area contributed by atoms with Crippen LogP contribution in [0.5, 0.6) is 0 Å². The van der Waals surface area contributed by atoms with Crippen molar-refractivity contribution < 1.29 is 37.3 Å². The van der Waals surface area contributed by atoms with Crippen LogP contribution in [0.3, 0.4) is 0 Å².